The first-order valence-electron chi connectivity index (χ1n) is 6.93. The summed E-state index contributed by atoms with van der Waals surface area (Å²) in [4.78, 5) is 0. The summed E-state index contributed by atoms with van der Waals surface area (Å²) in [5.74, 6) is 0.723. The molecular weight excluding hydrogens is 232 g/mol. The summed E-state index contributed by atoms with van der Waals surface area (Å²) < 4.78 is 0. The van der Waals surface area contributed by atoms with Crippen LogP contribution in [0.25, 0.3) is 16.3 Å². The zero-order chi connectivity index (χ0) is 12.5. The van der Waals surface area contributed by atoms with Crippen molar-refractivity contribution in [2.24, 2.45) is 5.92 Å². The highest BCUT2D eigenvalue weighted by Crippen LogP contribution is 2.36. The lowest BCUT2D eigenvalue weighted by molar-refractivity contribution is 0.708. The third kappa shape index (κ3) is 2.15. The largest absolute Gasteiger partial charge is 0.0950 e. The lowest BCUT2D eigenvalue weighted by Crippen LogP contribution is -2.00. The summed E-state index contributed by atoms with van der Waals surface area (Å²) in [6.07, 6.45) is 5.41. The monoisotopic (exact) mass is 252 g/mol. The molecule has 0 N–H and O–H groups in total. The maximum absolute atomic E-state index is 4.34. The Labute approximate surface area is 112 Å². The molecule has 3 rings (SSSR count). The Morgan fingerprint density at radius 2 is 1.67 bits per heavy atom. The molecule has 0 amide bonds. The van der Waals surface area contributed by atoms with Gasteiger partial charge in [-0.3, -0.25) is 0 Å². The highest BCUT2D eigenvalue weighted by Gasteiger charge is 2.18. The molecule has 0 aromatic heterocycles. The van der Waals surface area contributed by atoms with E-state index in [0.717, 1.165) is 16.2 Å². The van der Waals surface area contributed by atoms with Crippen LogP contribution in [-0.4, -0.2) is 10.2 Å². The first-order chi connectivity index (χ1) is 8.74. The van der Waals surface area contributed by atoms with E-state index in [-0.39, 0.29) is 0 Å². The molecule has 0 radical (unpaired) electrons. The molecule has 92 valence electrons. The second-order valence-corrected chi connectivity index (χ2v) is 6.73. The van der Waals surface area contributed by atoms with Crippen molar-refractivity contribution in [1.82, 2.24) is 0 Å². The van der Waals surface area contributed by atoms with Gasteiger partial charge in [0.2, 0.25) is 0 Å². The van der Waals surface area contributed by atoms with Gasteiger partial charge in [-0.25, -0.2) is 0 Å². The zero-order valence-corrected chi connectivity index (χ0v) is 13.1. The normalized spacial score (nSPS) is 16.4. The first kappa shape index (κ1) is 11.7. The molecule has 0 nitrogen and oxygen atoms in total. The molecule has 0 aliphatic heterocycles. The summed E-state index contributed by atoms with van der Waals surface area (Å²) in [7, 11) is 1.13. The summed E-state index contributed by atoms with van der Waals surface area (Å²) in [6.45, 7) is 4.34. The fraction of sp³-hybridized carbons (Fsp3) is 0.294. The molecule has 0 spiro atoms. The molecule has 0 unspecified atom stereocenters. The van der Waals surface area contributed by atoms with Crippen molar-refractivity contribution in [3.63, 3.8) is 0 Å². The Balaban J connectivity index is 1.97. The number of fused-ring (bicyclic) bond motifs is 1. The summed E-state index contributed by atoms with van der Waals surface area (Å²) in [5, 5.41) is 4.18. The quantitative estimate of drug-likeness (QED) is 0.721. The van der Waals surface area contributed by atoms with Gasteiger partial charge in [0, 0.05) is 10.2 Å². The Hall–Kier alpha value is -1.34. The van der Waals surface area contributed by atoms with Gasteiger partial charge in [-0.05, 0) is 46.7 Å². The minimum atomic E-state index is 0.723. The molecule has 2 aromatic rings. The maximum atomic E-state index is 4.34. The van der Waals surface area contributed by atoms with Crippen LogP contribution in [0.2, 0.25) is 0 Å². The van der Waals surface area contributed by atoms with Crippen LogP contribution in [0.5, 0.6) is 0 Å². The number of benzene rings is 2. The third-order valence-corrected chi connectivity index (χ3v) is 4.84. The third-order valence-electron chi connectivity index (χ3n) is 4.21. The van der Waals surface area contributed by atoms with Gasteiger partial charge in [-0.1, -0.05) is 54.9 Å². The number of hydrogen-bond donors (Lipinski definition) is 0. The summed E-state index contributed by atoms with van der Waals surface area (Å²) in [5.41, 5.74) is 2.69. The van der Waals surface area contributed by atoms with E-state index in [1.807, 2.05) is 0 Å². The molecule has 0 bridgehead atoms. The Morgan fingerprint density at radius 1 is 1.00 bits per heavy atom. The van der Waals surface area contributed by atoms with E-state index in [0.29, 0.717) is 0 Å². The van der Waals surface area contributed by atoms with Gasteiger partial charge >= 0.3 is 0 Å². The Morgan fingerprint density at radius 3 is 2.44 bits per heavy atom. The second-order valence-electron chi connectivity index (χ2n) is 5.57. The molecular formula is C17H20Si. The van der Waals surface area contributed by atoms with E-state index < -0.39 is 0 Å². The van der Waals surface area contributed by atoms with Gasteiger partial charge in [0.25, 0.3) is 0 Å². The SMILES string of the molecule is C=C(c1ccc2cc([SiH3])ccc2c1)C1CCCC1. The fourth-order valence-electron chi connectivity index (χ4n) is 3.07. The second kappa shape index (κ2) is 4.73. The van der Waals surface area contributed by atoms with Gasteiger partial charge in [-0.15, -0.1) is 0 Å². The van der Waals surface area contributed by atoms with Crippen LogP contribution in [0, 0.1) is 5.92 Å². The average Bonchev–Trinajstić information content (AvgIpc) is 2.91. The molecule has 2 aromatic carbocycles. The van der Waals surface area contributed by atoms with E-state index in [9.17, 15) is 0 Å². The highest BCUT2D eigenvalue weighted by molar-refractivity contribution is 6.33. The lowest BCUT2D eigenvalue weighted by atomic mass is 9.91. The first-order valence-corrected chi connectivity index (χ1v) is 7.93. The molecule has 1 aliphatic carbocycles. The van der Waals surface area contributed by atoms with Crippen molar-refractivity contribution in [3.05, 3.63) is 48.5 Å². The molecule has 0 atom stereocenters. The van der Waals surface area contributed by atoms with Gasteiger partial charge in [0.1, 0.15) is 0 Å². The number of allylic oxidation sites excluding steroid dienone is 1. The standard InChI is InChI=1S/C17H20Si/c1-12(13-4-2-3-5-13)14-6-7-16-11-17(18)9-8-15(16)10-14/h6-11,13H,1-5H2,18H3. The minimum absolute atomic E-state index is 0.723. The van der Waals surface area contributed by atoms with E-state index >= 15 is 0 Å². The van der Waals surface area contributed by atoms with E-state index in [2.05, 4.69) is 43.0 Å². The van der Waals surface area contributed by atoms with Crippen LogP contribution in [0.3, 0.4) is 0 Å². The molecule has 1 heteroatoms. The molecule has 1 fully saturated rings. The van der Waals surface area contributed by atoms with Crippen LogP contribution in [0.4, 0.5) is 0 Å². The van der Waals surface area contributed by atoms with Crippen molar-refractivity contribution >= 4 is 31.8 Å². The minimum Gasteiger partial charge on any atom is -0.0950 e. The Kier molecular flexibility index (Phi) is 3.08. The van der Waals surface area contributed by atoms with Crippen molar-refractivity contribution in [3.8, 4) is 0 Å². The lowest BCUT2D eigenvalue weighted by Gasteiger charge is -2.14. The van der Waals surface area contributed by atoms with Gasteiger partial charge in [-0.2, -0.15) is 0 Å². The van der Waals surface area contributed by atoms with E-state index in [1.54, 1.807) is 0 Å². The number of hydrogen-bond acceptors (Lipinski definition) is 0. The average molecular weight is 252 g/mol. The predicted molar refractivity (Wildman–Crippen MR) is 84.5 cm³/mol. The number of rotatable bonds is 2. The fourth-order valence-corrected chi connectivity index (χ4v) is 3.55. The molecule has 18 heavy (non-hydrogen) atoms. The molecule has 0 heterocycles. The predicted octanol–water partition coefficient (Wildman–Crippen LogP) is 3.03. The van der Waals surface area contributed by atoms with Crippen molar-refractivity contribution in [1.29, 1.82) is 0 Å². The van der Waals surface area contributed by atoms with E-state index in [4.69, 9.17) is 0 Å². The molecule has 0 saturated heterocycles. The van der Waals surface area contributed by atoms with Gasteiger partial charge < -0.3 is 0 Å². The highest BCUT2D eigenvalue weighted by atomic mass is 28.1. The van der Waals surface area contributed by atoms with Crippen molar-refractivity contribution < 1.29 is 0 Å². The zero-order valence-electron chi connectivity index (χ0n) is 11.1. The van der Waals surface area contributed by atoms with Crippen LogP contribution < -0.4 is 5.19 Å². The van der Waals surface area contributed by atoms with Gasteiger partial charge in [0.15, 0.2) is 0 Å². The van der Waals surface area contributed by atoms with E-state index in [1.165, 1.54) is 52.8 Å². The molecule has 1 saturated carbocycles. The van der Waals surface area contributed by atoms with Crippen LogP contribution in [0.1, 0.15) is 31.2 Å². The van der Waals surface area contributed by atoms with Crippen molar-refractivity contribution in [2.45, 2.75) is 25.7 Å². The maximum Gasteiger partial charge on any atom is 0.0385 e. The molecule has 1 aliphatic rings. The van der Waals surface area contributed by atoms with Crippen LogP contribution in [-0.2, 0) is 0 Å². The smallest absolute Gasteiger partial charge is 0.0385 e. The summed E-state index contributed by atoms with van der Waals surface area (Å²) >= 11 is 0. The van der Waals surface area contributed by atoms with Crippen molar-refractivity contribution in [2.75, 3.05) is 0 Å². The Bertz CT molecular complexity index is 592. The van der Waals surface area contributed by atoms with Crippen LogP contribution in [0.15, 0.2) is 43.0 Å². The van der Waals surface area contributed by atoms with Crippen LogP contribution >= 0.6 is 0 Å². The topological polar surface area (TPSA) is 0 Å². The van der Waals surface area contributed by atoms with Gasteiger partial charge in [0.05, 0.1) is 0 Å². The summed E-state index contributed by atoms with van der Waals surface area (Å²) in [6, 6.07) is 13.6.